The van der Waals surface area contributed by atoms with Crippen LogP contribution in [0.4, 0.5) is 32.0 Å². The number of hydrogen-bond acceptors (Lipinski definition) is 3. The van der Waals surface area contributed by atoms with Crippen molar-refractivity contribution in [1.82, 2.24) is 0 Å². The maximum Gasteiger partial charge on any atom is 0.417 e. The summed E-state index contributed by atoms with van der Waals surface area (Å²) in [4.78, 5) is 23.6. The molecule has 0 heterocycles. The molecule has 0 saturated carbocycles. The average Bonchev–Trinajstić information content (AvgIpc) is 2.60. The molecule has 0 aromatic heterocycles. The zero-order valence-corrected chi connectivity index (χ0v) is 14.4. The summed E-state index contributed by atoms with van der Waals surface area (Å²) in [5.74, 6) is -2.50. The molecule has 0 aliphatic carbocycles. The van der Waals surface area contributed by atoms with Gasteiger partial charge in [0.15, 0.2) is 6.61 Å². The van der Waals surface area contributed by atoms with Gasteiger partial charge < -0.3 is 10.1 Å². The Labute approximate surface area is 159 Å². The highest BCUT2D eigenvalue weighted by molar-refractivity contribution is 6.33. The number of nitrogens with one attached hydrogen (secondary N) is 1. The van der Waals surface area contributed by atoms with Crippen LogP contribution >= 0.6 is 11.6 Å². The van der Waals surface area contributed by atoms with Crippen molar-refractivity contribution in [3.63, 3.8) is 0 Å². The molecule has 0 saturated heterocycles. The second-order valence-electron chi connectivity index (χ2n) is 5.36. The van der Waals surface area contributed by atoms with E-state index in [0.29, 0.717) is 18.2 Å². The van der Waals surface area contributed by atoms with Gasteiger partial charge in [-0.15, -0.1) is 0 Å². The molecular weight excluding hydrogens is 416 g/mol. The highest BCUT2D eigenvalue weighted by Crippen LogP contribution is 2.34. The van der Waals surface area contributed by atoms with E-state index in [2.05, 4.69) is 4.74 Å². The van der Waals surface area contributed by atoms with E-state index in [-0.39, 0.29) is 5.02 Å². The zero-order chi connectivity index (χ0) is 21.1. The Balaban J connectivity index is 2.07. The summed E-state index contributed by atoms with van der Waals surface area (Å²) in [5, 5.41) is 1.79. The molecule has 2 aromatic carbocycles. The monoisotopic (exact) mass is 425 g/mol. The molecule has 0 unspecified atom stereocenters. The van der Waals surface area contributed by atoms with Crippen LogP contribution in [0.15, 0.2) is 42.5 Å². The number of halogens is 7. The highest BCUT2D eigenvalue weighted by atomic mass is 35.5. The van der Waals surface area contributed by atoms with Gasteiger partial charge in [0.2, 0.25) is 0 Å². The minimum atomic E-state index is -4.82. The van der Waals surface area contributed by atoms with E-state index in [1.165, 1.54) is 6.07 Å². The quantitative estimate of drug-likeness (QED) is 0.543. The Hall–Kier alpha value is -2.75. The summed E-state index contributed by atoms with van der Waals surface area (Å²) >= 11 is 5.71. The number of ether oxygens (including phenoxy) is 1. The molecule has 0 radical (unpaired) electrons. The number of anilines is 1. The average molecular weight is 426 g/mol. The molecule has 1 N–H and O–H groups in total. The van der Waals surface area contributed by atoms with Crippen molar-refractivity contribution >= 4 is 29.2 Å². The van der Waals surface area contributed by atoms with Crippen LogP contribution in [0.3, 0.4) is 0 Å². The Morgan fingerprint density at radius 3 is 2.21 bits per heavy atom. The van der Waals surface area contributed by atoms with E-state index >= 15 is 0 Å². The van der Waals surface area contributed by atoms with Crippen LogP contribution < -0.4 is 5.32 Å². The lowest BCUT2D eigenvalue weighted by Crippen LogP contribution is -2.23. The second-order valence-corrected chi connectivity index (χ2v) is 5.77. The maximum atomic E-state index is 12.9. The summed E-state index contributed by atoms with van der Waals surface area (Å²) in [5.41, 5.74) is -3.53. The van der Waals surface area contributed by atoms with Gasteiger partial charge in [0.1, 0.15) is 0 Å². The van der Waals surface area contributed by atoms with Gasteiger partial charge in [-0.25, -0.2) is 4.79 Å². The first-order chi connectivity index (χ1) is 12.9. The fourth-order valence-corrected chi connectivity index (χ4v) is 2.27. The van der Waals surface area contributed by atoms with E-state index < -0.39 is 53.2 Å². The van der Waals surface area contributed by atoms with Crippen LogP contribution in [0.1, 0.15) is 21.5 Å². The van der Waals surface area contributed by atoms with E-state index in [1.54, 1.807) is 0 Å². The summed E-state index contributed by atoms with van der Waals surface area (Å²) in [6, 6.07) is 5.96. The van der Waals surface area contributed by atoms with E-state index in [4.69, 9.17) is 11.6 Å². The fraction of sp³-hybridized carbons (Fsp3) is 0.176. The third-order valence-electron chi connectivity index (χ3n) is 3.35. The first kappa shape index (κ1) is 21.5. The SMILES string of the molecule is O=C(COC(=O)c1ccccc1C(F)(F)F)Nc1cc(C(F)(F)F)ccc1Cl. The highest BCUT2D eigenvalue weighted by Gasteiger charge is 2.35. The van der Waals surface area contributed by atoms with Gasteiger partial charge in [-0.05, 0) is 30.3 Å². The van der Waals surface area contributed by atoms with Crippen molar-refractivity contribution in [3.05, 3.63) is 64.2 Å². The van der Waals surface area contributed by atoms with Crippen LogP contribution in [0, 0.1) is 0 Å². The molecule has 1 amide bonds. The number of alkyl halides is 6. The number of rotatable bonds is 4. The van der Waals surface area contributed by atoms with Crippen molar-refractivity contribution in [1.29, 1.82) is 0 Å². The number of esters is 1. The third-order valence-corrected chi connectivity index (χ3v) is 3.68. The first-order valence-corrected chi connectivity index (χ1v) is 7.77. The fourth-order valence-electron chi connectivity index (χ4n) is 2.10. The molecule has 0 aliphatic heterocycles. The maximum absolute atomic E-state index is 12.9. The number of carbonyl (C=O) groups is 2. The lowest BCUT2D eigenvalue weighted by Gasteiger charge is -2.13. The van der Waals surface area contributed by atoms with Gasteiger partial charge in [-0.3, -0.25) is 4.79 Å². The molecule has 11 heteroatoms. The summed E-state index contributed by atoms with van der Waals surface area (Å²) < 4.78 is 81.2. The Morgan fingerprint density at radius 2 is 1.61 bits per heavy atom. The molecular formula is C17H10ClF6NO3. The Bertz CT molecular complexity index is 895. The predicted molar refractivity (Wildman–Crippen MR) is 86.8 cm³/mol. The van der Waals surface area contributed by atoms with Crippen LogP contribution in [-0.4, -0.2) is 18.5 Å². The van der Waals surface area contributed by atoms with Crippen LogP contribution in [0.25, 0.3) is 0 Å². The topological polar surface area (TPSA) is 55.4 Å². The predicted octanol–water partition coefficient (Wildman–Crippen LogP) is 5.17. The van der Waals surface area contributed by atoms with Gasteiger partial charge in [0.05, 0.1) is 27.4 Å². The minimum Gasteiger partial charge on any atom is -0.452 e. The number of carbonyl (C=O) groups excluding carboxylic acids is 2. The lowest BCUT2D eigenvalue weighted by atomic mass is 10.1. The standard InChI is InChI=1S/C17H10ClF6NO3/c18-12-6-5-9(16(19,20)21)7-13(12)25-14(26)8-28-15(27)10-3-1-2-4-11(10)17(22,23)24/h1-7H,8H2,(H,25,26). The van der Waals surface area contributed by atoms with Crippen molar-refractivity contribution in [2.45, 2.75) is 12.4 Å². The van der Waals surface area contributed by atoms with Gasteiger partial charge in [-0.2, -0.15) is 26.3 Å². The largest absolute Gasteiger partial charge is 0.452 e. The molecule has 0 aliphatic rings. The Kier molecular flexibility index (Phi) is 6.23. The van der Waals surface area contributed by atoms with Crippen molar-refractivity contribution < 1.29 is 40.7 Å². The summed E-state index contributed by atoms with van der Waals surface area (Å²) in [6.07, 6.45) is -9.50. The second kappa shape index (κ2) is 8.09. The number of benzene rings is 2. The molecule has 0 bridgehead atoms. The molecule has 0 fully saturated rings. The molecule has 0 spiro atoms. The van der Waals surface area contributed by atoms with E-state index in [0.717, 1.165) is 18.2 Å². The Morgan fingerprint density at radius 1 is 0.964 bits per heavy atom. The summed E-state index contributed by atoms with van der Waals surface area (Å²) in [7, 11) is 0. The molecule has 2 rings (SSSR count). The minimum absolute atomic E-state index is 0.213. The van der Waals surface area contributed by atoms with Gasteiger partial charge in [0.25, 0.3) is 5.91 Å². The number of amides is 1. The molecule has 0 atom stereocenters. The lowest BCUT2D eigenvalue weighted by molar-refractivity contribution is -0.138. The van der Waals surface area contributed by atoms with Crippen LogP contribution in [0.5, 0.6) is 0 Å². The molecule has 2 aromatic rings. The zero-order valence-electron chi connectivity index (χ0n) is 13.6. The van der Waals surface area contributed by atoms with Crippen LogP contribution in [0.2, 0.25) is 5.02 Å². The molecule has 150 valence electrons. The molecule has 28 heavy (non-hydrogen) atoms. The number of hydrogen-bond donors (Lipinski definition) is 1. The van der Waals surface area contributed by atoms with Gasteiger partial charge in [0, 0.05) is 0 Å². The first-order valence-electron chi connectivity index (χ1n) is 7.39. The smallest absolute Gasteiger partial charge is 0.417 e. The van der Waals surface area contributed by atoms with Crippen LogP contribution in [-0.2, 0) is 21.9 Å². The summed E-state index contributed by atoms with van der Waals surface area (Å²) in [6.45, 7) is -1.03. The van der Waals surface area contributed by atoms with Crippen molar-refractivity contribution in [3.8, 4) is 0 Å². The van der Waals surface area contributed by atoms with Crippen molar-refractivity contribution in [2.24, 2.45) is 0 Å². The van der Waals surface area contributed by atoms with Gasteiger partial charge >= 0.3 is 18.3 Å². The third kappa shape index (κ3) is 5.38. The van der Waals surface area contributed by atoms with Gasteiger partial charge in [-0.1, -0.05) is 23.7 Å². The van der Waals surface area contributed by atoms with Crippen molar-refractivity contribution in [2.75, 3.05) is 11.9 Å². The van der Waals surface area contributed by atoms with E-state index in [9.17, 15) is 35.9 Å². The normalized spacial score (nSPS) is 11.8. The van der Waals surface area contributed by atoms with E-state index in [1.807, 2.05) is 5.32 Å². The molecule has 4 nitrogen and oxygen atoms in total.